The molecule has 3 rings (SSSR count). The highest BCUT2D eigenvalue weighted by Gasteiger charge is 2.36. The molecule has 0 bridgehead atoms. The third-order valence-corrected chi connectivity index (χ3v) is 6.73. The monoisotopic (exact) mass is 452 g/mol. The lowest BCUT2D eigenvalue weighted by Gasteiger charge is -2.22. The van der Waals surface area contributed by atoms with Gasteiger partial charge in [0.2, 0.25) is 20.0 Å². The van der Waals surface area contributed by atoms with Crippen LogP contribution in [0.15, 0.2) is 53.6 Å². The fraction of sp³-hybridized carbons (Fsp3) is 0.278. The summed E-state index contributed by atoms with van der Waals surface area (Å²) in [6.45, 7) is 1.49. The molecule has 0 spiro atoms. The summed E-state index contributed by atoms with van der Waals surface area (Å²) in [5.74, 6) is -0.190. The van der Waals surface area contributed by atoms with Gasteiger partial charge in [-0.15, -0.1) is 0 Å². The van der Waals surface area contributed by atoms with Gasteiger partial charge in [0, 0.05) is 24.2 Å². The second kappa shape index (κ2) is 8.03. The summed E-state index contributed by atoms with van der Waals surface area (Å²) in [5.41, 5.74) is 1.61. The smallest absolute Gasteiger partial charge is 0.269 e. The molecule has 160 valence electrons. The Labute approximate surface area is 174 Å². The fourth-order valence-electron chi connectivity index (χ4n) is 3.12. The van der Waals surface area contributed by atoms with E-state index in [-0.39, 0.29) is 17.9 Å². The van der Waals surface area contributed by atoms with Crippen LogP contribution in [-0.4, -0.2) is 43.9 Å². The molecule has 0 fully saturated rings. The first-order valence-corrected chi connectivity index (χ1v) is 12.4. The molecule has 1 aliphatic rings. The first-order chi connectivity index (χ1) is 14.0. The highest BCUT2D eigenvalue weighted by molar-refractivity contribution is 7.92. The maximum atomic E-state index is 12.6. The van der Waals surface area contributed by atoms with E-state index in [1.165, 1.54) is 25.1 Å². The molecule has 1 aliphatic heterocycles. The molecular formula is C18H20N4O6S2. The molecule has 12 heteroatoms. The van der Waals surface area contributed by atoms with Gasteiger partial charge in [0.05, 0.1) is 28.7 Å². The maximum Gasteiger partial charge on any atom is 0.269 e. The van der Waals surface area contributed by atoms with E-state index in [0.717, 1.165) is 10.7 Å². The van der Waals surface area contributed by atoms with Gasteiger partial charge in [0.15, 0.2) is 0 Å². The minimum Gasteiger partial charge on any atom is -0.284 e. The van der Waals surface area contributed by atoms with Crippen molar-refractivity contribution in [2.75, 3.05) is 16.7 Å². The molecule has 1 atom stereocenters. The average molecular weight is 453 g/mol. The SMILES string of the molecule is CCS(=O)(=O)N1N=C(c2cccc(NS(C)(=O)=O)c2)C[C@H]1c1cccc([N+](=O)[O-])c1. The third kappa shape index (κ3) is 4.76. The van der Waals surface area contributed by atoms with Gasteiger partial charge in [-0.3, -0.25) is 14.8 Å². The summed E-state index contributed by atoms with van der Waals surface area (Å²) in [7, 11) is -7.23. The number of nitro benzene ring substituents is 1. The number of hydrazone groups is 1. The van der Waals surface area contributed by atoms with Crippen molar-refractivity contribution in [2.45, 2.75) is 19.4 Å². The number of sulfonamides is 2. The molecule has 0 saturated carbocycles. The van der Waals surface area contributed by atoms with Crippen LogP contribution in [-0.2, 0) is 20.0 Å². The number of non-ortho nitro benzene ring substituents is 1. The lowest BCUT2D eigenvalue weighted by atomic mass is 9.98. The number of hydrogen-bond acceptors (Lipinski definition) is 7. The molecule has 0 amide bonds. The van der Waals surface area contributed by atoms with Crippen molar-refractivity contribution >= 4 is 37.1 Å². The Hall–Kier alpha value is -2.99. The van der Waals surface area contributed by atoms with Gasteiger partial charge >= 0.3 is 0 Å². The lowest BCUT2D eigenvalue weighted by Crippen LogP contribution is -2.28. The number of nitro groups is 1. The minimum atomic E-state index is -3.74. The average Bonchev–Trinajstić information content (AvgIpc) is 3.13. The Morgan fingerprint density at radius 3 is 2.50 bits per heavy atom. The van der Waals surface area contributed by atoms with Crippen LogP contribution >= 0.6 is 0 Å². The normalized spacial score (nSPS) is 16.9. The number of nitrogens with one attached hydrogen (secondary N) is 1. The molecular weight excluding hydrogens is 432 g/mol. The van der Waals surface area contributed by atoms with Crippen molar-refractivity contribution in [3.05, 3.63) is 69.8 Å². The molecule has 0 aliphatic carbocycles. The molecule has 2 aromatic rings. The zero-order valence-corrected chi connectivity index (χ0v) is 17.9. The number of hydrogen-bond donors (Lipinski definition) is 1. The minimum absolute atomic E-state index is 0.144. The van der Waals surface area contributed by atoms with E-state index in [0.29, 0.717) is 22.5 Å². The predicted molar refractivity (Wildman–Crippen MR) is 113 cm³/mol. The zero-order chi connectivity index (χ0) is 22.1. The van der Waals surface area contributed by atoms with Crippen LogP contribution in [0.25, 0.3) is 0 Å². The number of benzene rings is 2. The van der Waals surface area contributed by atoms with Gasteiger partial charge in [0.25, 0.3) is 5.69 Å². The number of nitrogens with zero attached hydrogens (tertiary/aromatic N) is 3. The summed E-state index contributed by atoms with van der Waals surface area (Å²) in [6, 6.07) is 11.5. The Kier molecular flexibility index (Phi) is 5.81. The summed E-state index contributed by atoms with van der Waals surface area (Å²) in [4.78, 5) is 10.6. The Balaban J connectivity index is 2.02. The molecule has 1 N–H and O–H groups in total. The van der Waals surface area contributed by atoms with Crippen molar-refractivity contribution in [1.29, 1.82) is 0 Å². The topological polar surface area (TPSA) is 139 Å². The van der Waals surface area contributed by atoms with E-state index in [9.17, 15) is 26.9 Å². The quantitative estimate of drug-likeness (QED) is 0.506. The Morgan fingerprint density at radius 2 is 1.87 bits per heavy atom. The van der Waals surface area contributed by atoms with Gasteiger partial charge in [-0.2, -0.15) is 9.52 Å². The van der Waals surface area contributed by atoms with Crippen molar-refractivity contribution in [3.63, 3.8) is 0 Å². The second-order valence-corrected chi connectivity index (χ2v) is 10.6. The van der Waals surface area contributed by atoms with Crippen molar-refractivity contribution in [1.82, 2.24) is 4.41 Å². The van der Waals surface area contributed by atoms with Crippen LogP contribution in [0.2, 0.25) is 0 Å². The van der Waals surface area contributed by atoms with Crippen LogP contribution in [0.3, 0.4) is 0 Å². The molecule has 10 nitrogen and oxygen atoms in total. The van der Waals surface area contributed by atoms with E-state index in [1.54, 1.807) is 30.3 Å². The number of rotatable bonds is 7. The standard InChI is InChI=1S/C18H20N4O6S2/c1-3-30(27,28)21-18(14-7-5-9-16(11-14)22(23)24)12-17(19-21)13-6-4-8-15(10-13)20-29(2,25)26/h4-11,18,20H,3,12H2,1-2H3/t18-/m0/s1. The molecule has 30 heavy (non-hydrogen) atoms. The largest absolute Gasteiger partial charge is 0.284 e. The lowest BCUT2D eigenvalue weighted by molar-refractivity contribution is -0.384. The van der Waals surface area contributed by atoms with Gasteiger partial charge in [-0.25, -0.2) is 16.8 Å². The van der Waals surface area contributed by atoms with Crippen LogP contribution < -0.4 is 4.72 Å². The number of anilines is 1. The zero-order valence-electron chi connectivity index (χ0n) is 16.2. The van der Waals surface area contributed by atoms with Crippen LogP contribution in [0.1, 0.15) is 30.5 Å². The molecule has 0 saturated heterocycles. The van der Waals surface area contributed by atoms with Gasteiger partial charge < -0.3 is 0 Å². The van der Waals surface area contributed by atoms with Crippen LogP contribution in [0.5, 0.6) is 0 Å². The van der Waals surface area contributed by atoms with Crippen molar-refractivity contribution in [3.8, 4) is 0 Å². The maximum absolute atomic E-state index is 12.6. The van der Waals surface area contributed by atoms with Crippen molar-refractivity contribution in [2.24, 2.45) is 5.10 Å². The molecule has 0 aromatic heterocycles. The van der Waals surface area contributed by atoms with E-state index in [2.05, 4.69) is 9.82 Å². The molecule has 2 aromatic carbocycles. The van der Waals surface area contributed by atoms with Gasteiger partial charge in [0.1, 0.15) is 0 Å². The summed E-state index contributed by atoms with van der Waals surface area (Å²) >= 11 is 0. The van der Waals surface area contributed by atoms with E-state index in [4.69, 9.17) is 0 Å². The van der Waals surface area contributed by atoms with Crippen LogP contribution in [0.4, 0.5) is 11.4 Å². The fourth-order valence-corrected chi connectivity index (χ4v) is 4.75. The molecule has 0 radical (unpaired) electrons. The third-order valence-electron chi connectivity index (χ3n) is 4.49. The van der Waals surface area contributed by atoms with Crippen LogP contribution in [0, 0.1) is 10.1 Å². The van der Waals surface area contributed by atoms with Gasteiger partial charge in [-0.1, -0.05) is 24.3 Å². The highest BCUT2D eigenvalue weighted by atomic mass is 32.2. The summed E-state index contributed by atoms with van der Waals surface area (Å²) < 4.78 is 51.6. The molecule has 0 unspecified atom stereocenters. The van der Waals surface area contributed by atoms with Crippen molar-refractivity contribution < 1.29 is 21.8 Å². The highest BCUT2D eigenvalue weighted by Crippen LogP contribution is 2.36. The first-order valence-electron chi connectivity index (χ1n) is 8.92. The van der Waals surface area contributed by atoms with E-state index < -0.39 is 31.0 Å². The van der Waals surface area contributed by atoms with Gasteiger partial charge in [-0.05, 0) is 30.2 Å². The summed E-state index contributed by atoms with van der Waals surface area (Å²) in [5, 5.41) is 15.4. The van der Waals surface area contributed by atoms with E-state index in [1.807, 2.05) is 0 Å². The Bertz CT molecular complexity index is 1220. The second-order valence-electron chi connectivity index (χ2n) is 6.75. The predicted octanol–water partition coefficient (Wildman–Crippen LogP) is 2.47. The van der Waals surface area contributed by atoms with E-state index >= 15 is 0 Å². The Morgan fingerprint density at radius 1 is 1.17 bits per heavy atom. The summed E-state index contributed by atoms with van der Waals surface area (Å²) in [6.07, 6.45) is 1.21. The molecule has 1 heterocycles. The first kappa shape index (κ1) is 21.7.